The molecule has 1 saturated heterocycles. The van der Waals surface area contributed by atoms with E-state index in [0.717, 1.165) is 31.5 Å². The first kappa shape index (κ1) is 19.1. The number of carbonyl (C=O) groups is 1. The predicted molar refractivity (Wildman–Crippen MR) is 104 cm³/mol. The minimum absolute atomic E-state index is 0.0473. The third kappa shape index (κ3) is 5.67. The van der Waals surface area contributed by atoms with Crippen LogP contribution in [0.3, 0.4) is 0 Å². The molecule has 0 bridgehead atoms. The second kappa shape index (κ2) is 8.37. The van der Waals surface area contributed by atoms with E-state index in [9.17, 15) is 4.79 Å². The third-order valence-corrected chi connectivity index (χ3v) is 4.38. The number of benzene rings is 1. The smallest absolute Gasteiger partial charge is 0.309 e. The Morgan fingerprint density at radius 3 is 2.33 bits per heavy atom. The fourth-order valence-electron chi connectivity index (χ4n) is 2.99. The van der Waals surface area contributed by atoms with Crippen molar-refractivity contribution in [3.05, 3.63) is 48.3 Å². The summed E-state index contributed by atoms with van der Waals surface area (Å²) in [5, 5.41) is 0. The number of esters is 1. The molecule has 0 N–H and O–H groups in total. The molecule has 0 spiro atoms. The number of piperidine rings is 1. The van der Waals surface area contributed by atoms with Gasteiger partial charge in [0.1, 0.15) is 12.2 Å². The van der Waals surface area contributed by atoms with Crippen molar-refractivity contribution < 1.29 is 14.3 Å². The van der Waals surface area contributed by atoms with Crippen LogP contribution in [0.4, 0.5) is 5.95 Å². The van der Waals surface area contributed by atoms with Crippen LogP contribution in [0.15, 0.2) is 42.7 Å². The van der Waals surface area contributed by atoms with Crippen molar-refractivity contribution in [1.82, 2.24) is 9.97 Å². The van der Waals surface area contributed by atoms with E-state index in [4.69, 9.17) is 9.47 Å². The van der Waals surface area contributed by atoms with Crippen LogP contribution in [0.1, 0.15) is 39.2 Å². The van der Waals surface area contributed by atoms with Crippen molar-refractivity contribution in [1.29, 1.82) is 0 Å². The van der Waals surface area contributed by atoms with E-state index in [1.807, 2.05) is 51.1 Å². The minimum Gasteiger partial charge on any atom is -0.486 e. The average molecular weight is 369 g/mol. The minimum atomic E-state index is -0.438. The molecule has 2 heterocycles. The molecule has 0 aliphatic carbocycles. The molecule has 1 fully saturated rings. The molecular formula is C21H27N3O3. The monoisotopic (exact) mass is 369 g/mol. The predicted octanol–water partition coefficient (Wildman–Crippen LogP) is 3.61. The Kier molecular flexibility index (Phi) is 5.94. The molecule has 1 aromatic carbocycles. The SMILES string of the molecule is CC(C)(C)OC(=O)C1CCN(c2ncc(OCc3ccccc3)cn2)CC1. The molecule has 2 aromatic rings. The summed E-state index contributed by atoms with van der Waals surface area (Å²) in [7, 11) is 0. The molecule has 1 aliphatic rings. The molecule has 27 heavy (non-hydrogen) atoms. The van der Waals surface area contributed by atoms with E-state index in [2.05, 4.69) is 14.9 Å². The summed E-state index contributed by atoms with van der Waals surface area (Å²) in [5.74, 6) is 1.16. The van der Waals surface area contributed by atoms with E-state index in [1.54, 1.807) is 12.4 Å². The summed E-state index contributed by atoms with van der Waals surface area (Å²) in [4.78, 5) is 23.1. The summed E-state index contributed by atoms with van der Waals surface area (Å²) in [5.41, 5.74) is 0.665. The van der Waals surface area contributed by atoms with E-state index in [-0.39, 0.29) is 11.9 Å². The maximum Gasteiger partial charge on any atom is 0.309 e. The molecule has 0 amide bonds. The Labute approximate surface area is 160 Å². The molecule has 6 nitrogen and oxygen atoms in total. The number of rotatable bonds is 5. The van der Waals surface area contributed by atoms with Crippen molar-refractivity contribution >= 4 is 11.9 Å². The van der Waals surface area contributed by atoms with Crippen LogP contribution in [0.2, 0.25) is 0 Å². The fraction of sp³-hybridized carbons (Fsp3) is 0.476. The molecule has 3 rings (SSSR count). The molecule has 1 aromatic heterocycles. The van der Waals surface area contributed by atoms with E-state index < -0.39 is 5.60 Å². The summed E-state index contributed by atoms with van der Waals surface area (Å²) in [6.45, 7) is 7.67. The van der Waals surface area contributed by atoms with E-state index >= 15 is 0 Å². The van der Waals surface area contributed by atoms with Gasteiger partial charge in [0.15, 0.2) is 5.75 Å². The lowest BCUT2D eigenvalue weighted by atomic mass is 9.97. The van der Waals surface area contributed by atoms with Crippen molar-refractivity contribution in [3.63, 3.8) is 0 Å². The Morgan fingerprint density at radius 1 is 1.11 bits per heavy atom. The van der Waals surface area contributed by atoms with Gasteiger partial charge in [-0.05, 0) is 39.2 Å². The summed E-state index contributed by atoms with van der Waals surface area (Å²) in [6, 6.07) is 9.99. The number of hydrogen-bond acceptors (Lipinski definition) is 6. The molecule has 0 unspecified atom stereocenters. The maximum atomic E-state index is 12.2. The van der Waals surface area contributed by atoms with Gasteiger partial charge in [0.05, 0.1) is 18.3 Å². The molecule has 0 radical (unpaired) electrons. The van der Waals surface area contributed by atoms with Crippen LogP contribution in [-0.4, -0.2) is 34.6 Å². The van der Waals surface area contributed by atoms with Gasteiger partial charge in [-0.1, -0.05) is 30.3 Å². The number of anilines is 1. The van der Waals surface area contributed by atoms with Gasteiger partial charge in [0, 0.05) is 13.1 Å². The van der Waals surface area contributed by atoms with Gasteiger partial charge in [-0.15, -0.1) is 0 Å². The standard InChI is InChI=1S/C21H27N3O3/c1-21(2,3)27-19(25)17-9-11-24(12-10-17)20-22-13-18(14-23-20)26-15-16-7-5-4-6-8-16/h4-8,13-14,17H,9-12,15H2,1-3H3. The van der Waals surface area contributed by atoms with E-state index in [1.165, 1.54) is 0 Å². The van der Waals surface area contributed by atoms with Gasteiger partial charge >= 0.3 is 5.97 Å². The molecule has 0 saturated carbocycles. The van der Waals surface area contributed by atoms with E-state index in [0.29, 0.717) is 18.3 Å². The Morgan fingerprint density at radius 2 is 1.74 bits per heavy atom. The lowest BCUT2D eigenvalue weighted by molar-refractivity contribution is -0.160. The molecule has 1 aliphatic heterocycles. The first-order valence-corrected chi connectivity index (χ1v) is 9.37. The highest BCUT2D eigenvalue weighted by atomic mass is 16.6. The quantitative estimate of drug-likeness (QED) is 0.750. The van der Waals surface area contributed by atoms with Crippen LogP contribution < -0.4 is 9.64 Å². The highest BCUT2D eigenvalue weighted by molar-refractivity contribution is 5.73. The van der Waals surface area contributed by atoms with Crippen LogP contribution in [0.25, 0.3) is 0 Å². The summed E-state index contributed by atoms with van der Waals surface area (Å²) >= 11 is 0. The highest BCUT2D eigenvalue weighted by Crippen LogP contribution is 2.24. The average Bonchev–Trinajstić information content (AvgIpc) is 2.66. The molecule has 0 atom stereocenters. The van der Waals surface area contributed by atoms with Crippen molar-refractivity contribution in [2.45, 2.75) is 45.8 Å². The van der Waals surface area contributed by atoms with Gasteiger partial charge in [0.25, 0.3) is 0 Å². The number of ether oxygens (including phenoxy) is 2. The third-order valence-electron chi connectivity index (χ3n) is 4.38. The molecular weight excluding hydrogens is 342 g/mol. The fourth-order valence-corrected chi connectivity index (χ4v) is 2.99. The van der Waals surface area contributed by atoms with Crippen LogP contribution in [0, 0.1) is 5.92 Å². The zero-order valence-electron chi connectivity index (χ0n) is 16.2. The van der Waals surface area contributed by atoms with Gasteiger partial charge in [-0.3, -0.25) is 4.79 Å². The lowest BCUT2D eigenvalue weighted by Crippen LogP contribution is -2.39. The molecule has 6 heteroatoms. The highest BCUT2D eigenvalue weighted by Gasteiger charge is 2.29. The number of aromatic nitrogens is 2. The Bertz CT molecular complexity index is 734. The zero-order chi connectivity index (χ0) is 19.3. The summed E-state index contributed by atoms with van der Waals surface area (Å²) < 4.78 is 11.2. The first-order valence-electron chi connectivity index (χ1n) is 9.37. The van der Waals surface area contributed by atoms with Crippen LogP contribution >= 0.6 is 0 Å². The van der Waals surface area contributed by atoms with Crippen molar-refractivity contribution in [3.8, 4) is 5.75 Å². The second-order valence-electron chi connectivity index (χ2n) is 7.79. The summed E-state index contributed by atoms with van der Waals surface area (Å²) in [6.07, 6.45) is 4.91. The van der Waals surface area contributed by atoms with Gasteiger partial charge in [-0.2, -0.15) is 0 Å². The Hall–Kier alpha value is -2.63. The van der Waals surface area contributed by atoms with Gasteiger partial charge in [0.2, 0.25) is 5.95 Å². The Balaban J connectivity index is 1.49. The second-order valence-corrected chi connectivity index (χ2v) is 7.79. The number of carbonyl (C=O) groups excluding carboxylic acids is 1. The van der Waals surface area contributed by atoms with Crippen molar-refractivity contribution in [2.24, 2.45) is 5.92 Å². The zero-order valence-corrected chi connectivity index (χ0v) is 16.2. The normalized spacial score (nSPS) is 15.4. The largest absolute Gasteiger partial charge is 0.486 e. The topological polar surface area (TPSA) is 64.5 Å². The lowest BCUT2D eigenvalue weighted by Gasteiger charge is -2.32. The van der Waals surface area contributed by atoms with Crippen molar-refractivity contribution in [2.75, 3.05) is 18.0 Å². The van der Waals surface area contributed by atoms with Crippen LogP contribution in [0.5, 0.6) is 5.75 Å². The number of nitrogens with zero attached hydrogens (tertiary/aromatic N) is 3. The number of hydrogen-bond donors (Lipinski definition) is 0. The first-order chi connectivity index (χ1) is 12.9. The van der Waals surface area contributed by atoms with Gasteiger partial charge < -0.3 is 14.4 Å². The van der Waals surface area contributed by atoms with Gasteiger partial charge in [-0.25, -0.2) is 9.97 Å². The van der Waals surface area contributed by atoms with Crippen LogP contribution in [-0.2, 0) is 16.1 Å². The maximum absolute atomic E-state index is 12.2. The molecule has 144 valence electrons.